The summed E-state index contributed by atoms with van der Waals surface area (Å²) in [6.07, 6.45) is 8.26. The first-order valence-corrected chi connectivity index (χ1v) is 7.04. The maximum Gasteiger partial charge on any atom is 0.0672 e. The minimum atomic E-state index is 0.214. The average Bonchev–Trinajstić information content (AvgIpc) is 3.01. The molecule has 1 aromatic heterocycles. The molecule has 0 amide bonds. The first-order chi connectivity index (χ1) is 8.75. The molecule has 2 unspecified atom stereocenters. The van der Waals surface area contributed by atoms with Gasteiger partial charge in [0, 0.05) is 37.5 Å². The van der Waals surface area contributed by atoms with Gasteiger partial charge in [-0.15, -0.1) is 0 Å². The van der Waals surface area contributed by atoms with E-state index in [1.807, 2.05) is 17.9 Å². The number of hydrogen-bond acceptors (Lipinski definition) is 3. The van der Waals surface area contributed by atoms with E-state index in [9.17, 15) is 0 Å². The Hall–Kier alpha value is -0.870. The van der Waals surface area contributed by atoms with Crippen LogP contribution < -0.4 is 5.73 Å². The number of ether oxygens (including phenoxy) is 1. The van der Waals surface area contributed by atoms with Gasteiger partial charge in [0.2, 0.25) is 0 Å². The molecule has 0 radical (unpaired) electrons. The van der Waals surface area contributed by atoms with E-state index in [2.05, 4.69) is 11.2 Å². The Morgan fingerprint density at radius 1 is 1.56 bits per heavy atom. The van der Waals surface area contributed by atoms with Crippen molar-refractivity contribution in [2.75, 3.05) is 13.2 Å². The largest absolute Gasteiger partial charge is 0.377 e. The van der Waals surface area contributed by atoms with Gasteiger partial charge in [-0.1, -0.05) is 0 Å². The van der Waals surface area contributed by atoms with Gasteiger partial charge in [0.15, 0.2) is 0 Å². The maximum atomic E-state index is 6.10. The second kappa shape index (κ2) is 4.67. The fraction of sp³-hybridized carbons (Fsp3) is 0.786. The van der Waals surface area contributed by atoms with Gasteiger partial charge in [-0.05, 0) is 44.1 Å². The average molecular weight is 249 g/mol. The van der Waals surface area contributed by atoms with Crippen LogP contribution in [0.15, 0.2) is 12.3 Å². The third kappa shape index (κ3) is 2.08. The molecule has 18 heavy (non-hydrogen) atoms. The third-order valence-corrected chi connectivity index (χ3v) is 4.76. The minimum Gasteiger partial charge on any atom is -0.377 e. The molecule has 4 heteroatoms. The molecule has 0 spiro atoms. The molecule has 1 aromatic rings. The van der Waals surface area contributed by atoms with Gasteiger partial charge in [0.05, 0.1) is 6.10 Å². The lowest BCUT2D eigenvalue weighted by molar-refractivity contribution is 0.0304. The van der Waals surface area contributed by atoms with Gasteiger partial charge in [-0.2, -0.15) is 5.10 Å². The first-order valence-electron chi connectivity index (χ1n) is 7.04. The molecule has 4 nitrogen and oxygen atoms in total. The Kier molecular flexibility index (Phi) is 3.16. The molecular formula is C14H23N3O. The van der Waals surface area contributed by atoms with E-state index in [1.165, 1.54) is 18.5 Å². The van der Waals surface area contributed by atoms with Crippen LogP contribution in [0.1, 0.15) is 31.4 Å². The molecule has 2 heterocycles. The molecule has 2 aliphatic rings. The summed E-state index contributed by atoms with van der Waals surface area (Å²) in [6, 6.07) is 2.10. The lowest BCUT2D eigenvalue weighted by Gasteiger charge is -2.33. The highest BCUT2D eigenvalue weighted by atomic mass is 16.5. The minimum absolute atomic E-state index is 0.214. The first kappa shape index (κ1) is 12.2. The summed E-state index contributed by atoms with van der Waals surface area (Å²) >= 11 is 0. The normalized spacial score (nSPS) is 32.0. The van der Waals surface area contributed by atoms with E-state index in [1.54, 1.807) is 0 Å². The van der Waals surface area contributed by atoms with Crippen LogP contribution in [0.25, 0.3) is 0 Å². The Balaban J connectivity index is 1.69. The quantitative estimate of drug-likeness (QED) is 0.860. The number of aromatic nitrogens is 2. The monoisotopic (exact) mass is 249 g/mol. The van der Waals surface area contributed by atoms with Gasteiger partial charge in [-0.25, -0.2) is 0 Å². The van der Waals surface area contributed by atoms with Crippen LogP contribution in [-0.4, -0.2) is 29.0 Å². The van der Waals surface area contributed by atoms with Gasteiger partial charge in [0.1, 0.15) is 0 Å². The molecule has 2 atom stereocenters. The smallest absolute Gasteiger partial charge is 0.0672 e. The highest BCUT2D eigenvalue weighted by molar-refractivity contribution is 5.05. The Morgan fingerprint density at radius 3 is 3.00 bits per heavy atom. The van der Waals surface area contributed by atoms with Crippen LogP contribution in [0.2, 0.25) is 0 Å². The van der Waals surface area contributed by atoms with Crippen LogP contribution in [0.3, 0.4) is 0 Å². The van der Waals surface area contributed by atoms with Crippen LogP contribution in [0.5, 0.6) is 0 Å². The van der Waals surface area contributed by atoms with E-state index in [-0.39, 0.29) is 5.41 Å². The number of aryl methyl sites for hydroxylation is 2. The molecule has 0 bridgehead atoms. The summed E-state index contributed by atoms with van der Waals surface area (Å²) in [7, 11) is 2.01. The molecule has 1 saturated heterocycles. The summed E-state index contributed by atoms with van der Waals surface area (Å²) in [5.41, 5.74) is 7.61. The SMILES string of the molecule is Cn1nccc1CCC1(CN)CCOC1C1CC1. The molecule has 100 valence electrons. The van der Waals surface area contributed by atoms with Gasteiger partial charge < -0.3 is 10.5 Å². The standard InChI is InChI=1S/C14H23N3O/c1-17-12(5-8-16-17)4-6-14(10-15)7-9-18-13(14)11-2-3-11/h5,8,11,13H,2-4,6-7,9-10,15H2,1H3. The summed E-state index contributed by atoms with van der Waals surface area (Å²) in [4.78, 5) is 0. The molecule has 3 rings (SSSR count). The highest BCUT2D eigenvalue weighted by Crippen LogP contribution is 2.49. The van der Waals surface area contributed by atoms with Gasteiger partial charge in [0.25, 0.3) is 0 Å². The van der Waals surface area contributed by atoms with Crippen molar-refractivity contribution < 1.29 is 4.74 Å². The zero-order valence-corrected chi connectivity index (χ0v) is 11.1. The van der Waals surface area contributed by atoms with Crippen LogP contribution in [0, 0.1) is 11.3 Å². The Morgan fingerprint density at radius 2 is 2.39 bits per heavy atom. The molecule has 2 fully saturated rings. The van der Waals surface area contributed by atoms with E-state index in [4.69, 9.17) is 10.5 Å². The second-order valence-electron chi connectivity index (χ2n) is 5.89. The van der Waals surface area contributed by atoms with Crippen LogP contribution in [0.4, 0.5) is 0 Å². The molecule has 2 N–H and O–H groups in total. The highest BCUT2D eigenvalue weighted by Gasteiger charge is 2.49. The van der Waals surface area contributed by atoms with E-state index in [0.29, 0.717) is 6.10 Å². The molecular weight excluding hydrogens is 226 g/mol. The van der Waals surface area contributed by atoms with Crippen molar-refractivity contribution in [3.8, 4) is 0 Å². The number of nitrogens with zero attached hydrogens (tertiary/aromatic N) is 2. The maximum absolute atomic E-state index is 6.10. The van der Waals surface area contributed by atoms with E-state index in [0.717, 1.165) is 38.3 Å². The lowest BCUT2D eigenvalue weighted by Crippen LogP contribution is -2.40. The summed E-state index contributed by atoms with van der Waals surface area (Å²) in [6.45, 7) is 1.65. The number of nitrogens with two attached hydrogens (primary N) is 1. The van der Waals surface area contributed by atoms with Crippen molar-refractivity contribution in [1.29, 1.82) is 0 Å². The van der Waals surface area contributed by atoms with E-state index >= 15 is 0 Å². The van der Waals surface area contributed by atoms with Crippen LogP contribution >= 0.6 is 0 Å². The van der Waals surface area contributed by atoms with Crippen molar-refractivity contribution in [1.82, 2.24) is 9.78 Å². The summed E-state index contributed by atoms with van der Waals surface area (Å²) < 4.78 is 7.95. The Bertz CT molecular complexity index is 413. The van der Waals surface area contributed by atoms with Gasteiger partial charge >= 0.3 is 0 Å². The third-order valence-electron chi connectivity index (χ3n) is 4.76. The molecule has 1 aliphatic carbocycles. The van der Waals surface area contributed by atoms with Crippen molar-refractivity contribution >= 4 is 0 Å². The zero-order chi connectivity index (χ0) is 12.6. The summed E-state index contributed by atoms with van der Waals surface area (Å²) in [5.74, 6) is 0.780. The van der Waals surface area contributed by atoms with E-state index < -0.39 is 0 Å². The van der Waals surface area contributed by atoms with Crippen LogP contribution in [-0.2, 0) is 18.2 Å². The van der Waals surface area contributed by atoms with Crippen molar-refractivity contribution in [3.05, 3.63) is 18.0 Å². The number of hydrogen-bond donors (Lipinski definition) is 1. The van der Waals surface area contributed by atoms with Crippen molar-refractivity contribution in [2.45, 2.75) is 38.2 Å². The topological polar surface area (TPSA) is 53.1 Å². The fourth-order valence-corrected chi connectivity index (χ4v) is 3.35. The zero-order valence-electron chi connectivity index (χ0n) is 11.1. The summed E-state index contributed by atoms with van der Waals surface area (Å²) in [5, 5.41) is 4.23. The molecule has 1 aliphatic heterocycles. The predicted molar refractivity (Wildman–Crippen MR) is 70.1 cm³/mol. The van der Waals surface area contributed by atoms with Crippen molar-refractivity contribution in [2.24, 2.45) is 24.1 Å². The Labute approximate surface area is 108 Å². The lowest BCUT2D eigenvalue weighted by atomic mass is 9.75. The molecule has 0 aromatic carbocycles. The molecule has 1 saturated carbocycles. The van der Waals surface area contributed by atoms with Crippen molar-refractivity contribution in [3.63, 3.8) is 0 Å². The van der Waals surface area contributed by atoms with Gasteiger partial charge in [-0.3, -0.25) is 4.68 Å². The fourth-order valence-electron chi connectivity index (χ4n) is 3.35. The predicted octanol–water partition coefficient (Wildman–Crippen LogP) is 1.50. The second-order valence-corrected chi connectivity index (χ2v) is 5.89. The number of rotatable bonds is 5.